The fourth-order valence-electron chi connectivity index (χ4n) is 3.03. The fraction of sp³-hybridized carbons (Fsp3) is 0.481. The van der Waals surface area contributed by atoms with Gasteiger partial charge in [0.15, 0.2) is 0 Å². The third kappa shape index (κ3) is 10.2. The molecule has 0 saturated heterocycles. The van der Waals surface area contributed by atoms with Crippen molar-refractivity contribution in [2.24, 2.45) is 0 Å². The predicted octanol–water partition coefficient (Wildman–Crippen LogP) is 7.38. The van der Waals surface area contributed by atoms with Gasteiger partial charge in [0.05, 0.1) is 5.35 Å². The van der Waals surface area contributed by atoms with Crippen LogP contribution in [0.4, 0.5) is 4.39 Å². The largest absolute Gasteiger partial charge is 0.243 e. The number of unbranched alkanes of at least 4 members (excludes halogenated alkanes) is 1. The van der Waals surface area contributed by atoms with Crippen LogP contribution in [0.3, 0.4) is 0 Å². The Morgan fingerprint density at radius 3 is 2.03 bits per heavy atom. The van der Waals surface area contributed by atoms with Gasteiger partial charge in [-0.3, -0.25) is 0 Å². The highest BCUT2D eigenvalue weighted by Crippen LogP contribution is 2.27. The summed E-state index contributed by atoms with van der Waals surface area (Å²) in [6, 6.07) is 5.88. The molecule has 2 aromatic rings. The van der Waals surface area contributed by atoms with Gasteiger partial charge >= 0.3 is 0 Å². The molecular formula is C27H40ClFN2. The smallest absolute Gasteiger partial charge is 0.126 e. The molecular weight excluding hydrogens is 407 g/mol. The Bertz CT molecular complexity index is 918. The second kappa shape index (κ2) is 14.9. The van der Waals surface area contributed by atoms with Crippen LogP contribution in [0, 0.1) is 20.8 Å². The van der Waals surface area contributed by atoms with Crippen molar-refractivity contribution in [2.45, 2.75) is 87.2 Å². The van der Waals surface area contributed by atoms with Gasteiger partial charge in [-0.1, -0.05) is 83.0 Å². The van der Waals surface area contributed by atoms with Gasteiger partial charge < -0.3 is 0 Å². The Balaban J connectivity index is 0.000000497. The quantitative estimate of drug-likeness (QED) is 0.489. The zero-order chi connectivity index (χ0) is 24.1. The molecule has 0 fully saturated rings. The van der Waals surface area contributed by atoms with Gasteiger partial charge in [-0.15, -0.1) is 0 Å². The molecule has 1 aromatic carbocycles. The first-order chi connectivity index (χ1) is 14.5. The van der Waals surface area contributed by atoms with E-state index in [1.165, 1.54) is 18.4 Å². The number of halogens is 2. The summed E-state index contributed by atoms with van der Waals surface area (Å²) in [5.74, 6) is 1.24. The molecule has 0 radical (unpaired) electrons. The predicted molar refractivity (Wildman–Crippen MR) is 136 cm³/mol. The van der Waals surface area contributed by atoms with Gasteiger partial charge in [0, 0.05) is 15.9 Å². The SMILES string of the molecule is C=C(Cl)/C=c1/c(C)nc(C)n/c1=C/C.CCCC.Cc1c(C(C)C)cccc1C(C)F. The normalized spacial score (nSPS) is 12.6. The molecule has 0 aliphatic carbocycles. The lowest BCUT2D eigenvalue weighted by Gasteiger charge is -2.14. The van der Waals surface area contributed by atoms with E-state index in [2.05, 4.69) is 50.3 Å². The number of alkyl halides is 1. The van der Waals surface area contributed by atoms with E-state index in [0.29, 0.717) is 11.0 Å². The molecule has 31 heavy (non-hydrogen) atoms. The average molecular weight is 447 g/mol. The van der Waals surface area contributed by atoms with Gasteiger partial charge in [0.1, 0.15) is 12.0 Å². The maximum absolute atomic E-state index is 13.1. The molecule has 1 aromatic heterocycles. The molecule has 0 N–H and O–H groups in total. The molecule has 1 heterocycles. The van der Waals surface area contributed by atoms with E-state index in [4.69, 9.17) is 11.6 Å². The standard InChI is InChI=1S/C12H17F.C11H13ClN2.C4H10/c1-8(2)11-6-5-7-12(9(11)3)10(4)13;1-5-11-10(6-7(2)12)8(3)13-9(4)14-11;1-3-4-2/h5-8,10H,1-4H3;5-6H,2H2,1,3-4H3;3-4H2,1-2H3/b;10-6-,11-5+;. The Morgan fingerprint density at radius 2 is 1.61 bits per heavy atom. The van der Waals surface area contributed by atoms with Gasteiger partial charge in [0.2, 0.25) is 0 Å². The van der Waals surface area contributed by atoms with Crippen LogP contribution in [0.2, 0.25) is 0 Å². The van der Waals surface area contributed by atoms with E-state index in [0.717, 1.165) is 33.2 Å². The first-order valence-electron chi connectivity index (χ1n) is 11.1. The van der Waals surface area contributed by atoms with E-state index < -0.39 is 6.17 Å². The Labute approximate surface area is 194 Å². The zero-order valence-corrected chi connectivity index (χ0v) is 21.6. The number of hydrogen-bond donors (Lipinski definition) is 0. The van der Waals surface area contributed by atoms with E-state index in [9.17, 15) is 4.39 Å². The number of nitrogens with zero attached hydrogens (tertiary/aromatic N) is 2. The second-order valence-electron chi connectivity index (χ2n) is 7.87. The van der Waals surface area contributed by atoms with Gasteiger partial charge in [0.25, 0.3) is 0 Å². The van der Waals surface area contributed by atoms with Gasteiger partial charge in [-0.05, 0) is 63.3 Å². The molecule has 0 spiro atoms. The van der Waals surface area contributed by atoms with Crippen molar-refractivity contribution in [2.75, 3.05) is 0 Å². The lowest BCUT2D eigenvalue weighted by Crippen LogP contribution is -2.32. The van der Waals surface area contributed by atoms with Gasteiger partial charge in [-0.25, -0.2) is 14.4 Å². The number of benzene rings is 1. The van der Waals surface area contributed by atoms with E-state index in [1.54, 1.807) is 13.0 Å². The molecule has 1 atom stereocenters. The highest BCUT2D eigenvalue weighted by atomic mass is 35.5. The molecule has 0 aliphatic heterocycles. The lowest BCUT2D eigenvalue weighted by atomic mass is 9.93. The highest BCUT2D eigenvalue weighted by molar-refractivity contribution is 6.33. The van der Waals surface area contributed by atoms with Crippen molar-refractivity contribution < 1.29 is 4.39 Å². The molecule has 0 bridgehead atoms. The molecule has 0 amide bonds. The summed E-state index contributed by atoms with van der Waals surface area (Å²) < 4.78 is 13.1. The van der Waals surface area contributed by atoms with E-state index in [1.807, 2.05) is 45.9 Å². The van der Waals surface area contributed by atoms with E-state index >= 15 is 0 Å². The summed E-state index contributed by atoms with van der Waals surface area (Å²) in [6.07, 6.45) is 5.50. The molecule has 2 rings (SSSR count). The fourth-order valence-corrected chi connectivity index (χ4v) is 3.14. The molecule has 1 unspecified atom stereocenters. The minimum atomic E-state index is -0.862. The number of rotatable bonds is 4. The third-order valence-electron chi connectivity index (χ3n) is 4.82. The third-order valence-corrected chi connectivity index (χ3v) is 4.93. The molecule has 0 aliphatic rings. The van der Waals surface area contributed by atoms with Crippen molar-refractivity contribution >= 4 is 23.8 Å². The van der Waals surface area contributed by atoms with Crippen molar-refractivity contribution in [3.05, 3.63) is 68.6 Å². The van der Waals surface area contributed by atoms with Crippen LogP contribution in [0.25, 0.3) is 12.2 Å². The average Bonchev–Trinajstić information content (AvgIpc) is 2.70. The lowest BCUT2D eigenvalue weighted by molar-refractivity contribution is 0.372. The summed E-state index contributed by atoms with van der Waals surface area (Å²) in [5, 5.41) is 2.33. The van der Waals surface area contributed by atoms with Crippen LogP contribution in [0.5, 0.6) is 0 Å². The number of aromatic nitrogens is 2. The molecule has 172 valence electrons. The van der Waals surface area contributed by atoms with Crippen molar-refractivity contribution in [1.82, 2.24) is 9.97 Å². The Hall–Kier alpha value is -2.00. The maximum atomic E-state index is 13.1. The maximum Gasteiger partial charge on any atom is 0.126 e. The minimum Gasteiger partial charge on any atom is -0.243 e. The summed E-state index contributed by atoms with van der Waals surface area (Å²) in [5.41, 5.74) is 4.10. The Morgan fingerprint density at radius 1 is 1.06 bits per heavy atom. The number of allylic oxidation sites excluding steroid dienone is 1. The molecule has 2 nitrogen and oxygen atoms in total. The zero-order valence-electron chi connectivity index (χ0n) is 20.8. The van der Waals surface area contributed by atoms with Crippen molar-refractivity contribution in [3.8, 4) is 0 Å². The van der Waals surface area contributed by atoms with Crippen LogP contribution < -0.4 is 10.6 Å². The van der Waals surface area contributed by atoms with Crippen LogP contribution in [0.1, 0.15) is 94.7 Å². The summed E-state index contributed by atoms with van der Waals surface area (Å²) in [6.45, 7) is 21.6. The first kappa shape index (κ1) is 29.0. The van der Waals surface area contributed by atoms with Crippen molar-refractivity contribution in [3.63, 3.8) is 0 Å². The number of aryl methyl sites for hydroxylation is 2. The van der Waals surface area contributed by atoms with E-state index in [-0.39, 0.29) is 0 Å². The van der Waals surface area contributed by atoms with Gasteiger partial charge in [-0.2, -0.15) is 0 Å². The van der Waals surface area contributed by atoms with Crippen molar-refractivity contribution in [1.29, 1.82) is 0 Å². The molecule has 0 saturated carbocycles. The second-order valence-corrected chi connectivity index (χ2v) is 8.35. The van der Waals surface area contributed by atoms with Crippen LogP contribution in [-0.2, 0) is 0 Å². The molecule has 4 heteroatoms. The number of hydrogen-bond acceptors (Lipinski definition) is 2. The minimum absolute atomic E-state index is 0.471. The van der Waals surface area contributed by atoms with Crippen LogP contribution in [-0.4, -0.2) is 9.97 Å². The Kier molecular flexibility index (Phi) is 13.9. The topological polar surface area (TPSA) is 25.8 Å². The first-order valence-corrected chi connectivity index (χ1v) is 11.4. The highest BCUT2D eigenvalue weighted by Gasteiger charge is 2.10. The summed E-state index contributed by atoms with van der Waals surface area (Å²) in [7, 11) is 0. The van der Waals surface area contributed by atoms with Crippen LogP contribution >= 0.6 is 11.6 Å². The summed E-state index contributed by atoms with van der Waals surface area (Å²) >= 11 is 5.73. The summed E-state index contributed by atoms with van der Waals surface area (Å²) in [4.78, 5) is 8.58. The monoisotopic (exact) mass is 446 g/mol. The van der Waals surface area contributed by atoms with Crippen LogP contribution in [0.15, 0.2) is 29.8 Å².